The highest BCUT2D eigenvalue weighted by molar-refractivity contribution is 5.91. The summed E-state index contributed by atoms with van der Waals surface area (Å²) in [5.74, 6) is 0. The van der Waals surface area contributed by atoms with E-state index >= 15 is 0 Å². The molecule has 5 rings (SSSR count). The van der Waals surface area contributed by atoms with Crippen LogP contribution in [0.2, 0.25) is 0 Å². The topological polar surface area (TPSA) is 78.0 Å². The predicted octanol–water partition coefficient (Wildman–Crippen LogP) is 2.72. The molecule has 5 aromatic rings. The highest BCUT2D eigenvalue weighted by Crippen LogP contribution is 2.28. The molecule has 0 aliphatic heterocycles. The van der Waals surface area contributed by atoms with Gasteiger partial charge in [0, 0.05) is 38.1 Å². The van der Waals surface area contributed by atoms with Crippen molar-refractivity contribution in [1.82, 2.24) is 28.8 Å². The Morgan fingerprint density at radius 2 is 1.68 bits per heavy atom. The Kier molecular flexibility index (Phi) is 5.59. The van der Waals surface area contributed by atoms with Crippen molar-refractivity contribution >= 4 is 21.8 Å². The van der Waals surface area contributed by atoms with Crippen molar-refractivity contribution in [3.63, 3.8) is 0 Å². The van der Waals surface area contributed by atoms with E-state index in [9.17, 15) is 9.59 Å². The van der Waals surface area contributed by atoms with Gasteiger partial charge in [0.25, 0.3) is 5.56 Å². The molecular weight excluding hydrogens is 428 g/mol. The number of benzene rings is 2. The van der Waals surface area contributed by atoms with Crippen molar-refractivity contribution in [2.24, 2.45) is 7.05 Å². The Labute approximate surface area is 196 Å². The molecule has 0 aliphatic carbocycles. The van der Waals surface area contributed by atoms with E-state index in [0.717, 1.165) is 21.9 Å². The normalized spacial score (nSPS) is 11.6. The lowest BCUT2D eigenvalue weighted by Gasteiger charge is -2.12. The van der Waals surface area contributed by atoms with Gasteiger partial charge in [-0.2, -0.15) is 5.10 Å². The average molecular weight is 455 g/mol. The smallest absolute Gasteiger partial charge is 0.308 e. The van der Waals surface area contributed by atoms with Crippen LogP contribution < -0.4 is 11.2 Å². The molecule has 172 valence electrons. The molecule has 2 aromatic carbocycles. The predicted molar refractivity (Wildman–Crippen MR) is 134 cm³/mol. The average Bonchev–Trinajstić information content (AvgIpc) is 3.22. The van der Waals surface area contributed by atoms with Crippen LogP contribution in [0.3, 0.4) is 0 Å². The van der Waals surface area contributed by atoms with Gasteiger partial charge in [0.15, 0.2) is 5.65 Å². The molecule has 8 nitrogen and oxygen atoms in total. The Hall–Kier alpha value is -4.04. The largest absolute Gasteiger partial charge is 0.332 e. The van der Waals surface area contributed by atoms with Crippen LogP contribution in [-0.4, -0.2) is 49.4 Å². The van der Waals surface area contributed by atoms with Gasteiger partial charge in [-0.25, -0.2) is 4.79 Å². The number of likely N-dealkylation sites (N-methyl/N-ethyl adjacent to an activating group) is 1. The van der Waals surface area contributed by atoms with Gasteiger partial charge in [-0.3, -0.25) is 23.6 Å². The molecule has 0 amide bonds. The Morgan fingerprint density at radius 1 is 0.941 bits per heavy atom. The van der Waals surface area contributed by atoms with Crippen LogP contribution in [-0.2, 0) is 20.1 Å². The van der Waals surface area contributed by atoms with Crippen LogP contribution in [0.1, 0.15) is 5.56 Å². The second-order valence-electron chi connectivity index (χ2n) is 8.68. The lowest BCUT2D eigenvalue weighted by Crippen LogP contribution is -2.39. The zero-order valence-corrected chi connectivity index (χ0v) is 19.5. The van der Waals surface area contributed by atoms with Crippen LogP contribution in [0.5, 0.6) is 0 Å². The zero-order chi connectivity index (χ0) is 23.8. The Bertz CT molecular complexity index is 1610. The van der Waals surface area contributed by atoms with Gasteiger partial charge < -0.3 is 4.90 Å². The van der Waals surface area contributed by atoms with Crippen molar-refractivity contribution in [1.29, 1.82) is 0 Å². The lowest BCUT2D eigenvalue weighted by molar-refractivity contribution is 0.379. The summed E-state index contributed by atoms with van der Waals surface area (Å²) in [6.45, 7) is 1.53. The maximum absolute atomic E-state index is 13.4. The second kappa shape index (κ2) is 8.72. The number of pyridine rings is 1. The van der Waals surface area contributed by atoms with Crippen molar-refractivity contribution in [3.8, 4) is 11.3 Å². The summed E-state index contributed by atoms with van der Waals surface area (Å²) >= 11 is 0. The number of hydrogen-bond donors (Lipinski definition) is 0. The van der Waals surface area contributed by atoms with Crippen molar-refractivity contribution in [2.75, 3.05) is 20.6 Å². The first kappa shape index (κ1) is 21.8. The van der Waals surface area contributed by atoms with Gasteiger partial charge in [-0.15, -0.1) is 0 Å². The summed E-state index contributed by atoms with van der Waals surface area (Å²) in [5, 5.41) is 7.56. The van der Waals surface area contributed by atoms with E-state index in [0.29, 0.717) is 36.4 Å². The maximum Gasteiger partial charge on any atom is 0.332 e. The zero-order valence-electron chi connectivity index (χ0n) is 19.5. The molecule has 0 N–H and O–H groups in total. The molecule has 3 heterocycles. The first-order valence-electron chi connectivity index (χ1n) is 11.2. The molecule has 0 spiro atoms. The minimum atomic E-state index is -0.365. The summed E-state index contributed by atoms with van der Waals surface area (Å²) in [6.07, 6.45) is 3.39. The molecule has 0 saturated heterocycles. The minimum absolute atomic E-state index is 0.350. The van der Waals surface area contributed by atoms with Gasteiger partial charge in [0.2, 0.25) is 0 Å². The SMILES string of the molecule is CN(C)CCn1c(=O)n(C)c(=O)c2c(-c3ccncc3)n(Cc3cccc4ccccc34)nc21. The molecule has 0 aliphatic rings. The summed E-state index contributed by atoms with van der Waals surface area (Å²) < 4.78 is 4.61. The standard InChI is InChI=1S/C26H26N6O2/c1-29(2)15-16-31-24-22(25(33)30(3)26(31)34)23(19-11-13-27-14-12-19)32(28-24)17-20-9-6-8-18-7-4-5-10-21(18)20/h4-14H,15-17H2,1-3H3. The number of rotatable bonds is 6. The molecule has 0 saturated carbocycles. The molecule has 34 heavy (non-hydrogen) atoms. The molecular formula is C26H26N6O2. The van der Waals surface area contributed by atoms with Crippen LogP contribution in [0.4, 0.5) is 0 Å². The molecule has 0 atom stereocenters. The van der Waals surface area contributed by atoms with E-state index in [-0.39, 0.29) is 11.2 Å². The third-order valence-electron chi connectivity index (χ3n) is 6.15. The van der Waals surface area contributed by atoms with E-state index in [1.807, 2.05) is 54.0 Å². The van der Waals surface area contributed by atoms with Crippen LogP contribution in [0.15, 0.2) is 76.6 Å². The van der Waals surface area contributed by atoms with Gasteiger partial charge in [-0.1, -0.05) is 42.5 Å². The molecule has 3 aromatic heterocycles. The summed E-state index contributed by atoms with van der Waals surface area (Å²) in [5.41, 5.74) is 2.28. The van der Waals surface area contributed by atoms with E-state index in [1.165, 1.54) is 11.6 Å². The third kappa shape index (κ3) is 3.72. The Morgan fingerprint density at radius 3 is 2.44 bits per heavy atom. The van der Waals surface area contributed by atoms with E-state index in [1.54, 1.807) is 17.0 Å². The Balaban J connectivity index is 1.80. The number of aromatic nitrogens is 5. The van der Waals surface area contributed by atoms with Crippen LogP contribution in [0, 0.1) is 0 Å². The van der Waals surface area contributed by atoms with Gasteiger partial charge in [0.1, 0.15) is 5.39 Å². The van der Waals surface area contributed by atoms with Crippen molar-refractivity contribution < 1.29 is 0 Å². The molecule has 0 fully saturated rings. The maximum atomic E-state index is 13.4. The minimum Gasteiger partial charge on any atom is -0.308 e. The van der Waals surface area contributed by atoms with Gasteiger partial charge >= 0.3 is 5.69 Å². The fourth-order valence-corrected chi connectivity index (χ4v) is 4.37. The number of hydrogen-bond acceptors (Lipinski definition) is 5. The summed E-state index contributed by atoms with van der Waals surface area (Å²) in [4.78, 5) is 32.6. The van der Waals surface area contributed by atoms with Crippen molar-refractivity contribution in [3.05, 3.63) is 93.4 Å². The van der Waals surface area contributed by atoms with Crippen LogP contribution in [0.25, 0.3) is 33.1 Å². The van der Waals surface area contributed by atoms with E-state index in [2.05, 4.69) is 29.2 Å². The fraction of sp³-hybridized carbons (Fsp3) is 0.231. The number of nitrogens with zero attached hydrogens (tertiary/aromatic N) is 6. The monoisotopic (exact) mass is 454 g/mol. The second-order valence-corrected chi connectivity index (χ2v) is 8.68. The molecule has 8 heteroatoms. The highest BCUT2D eigenvalue weighted by atomic mass is 16.2. The molecule has 0 unspecified atom stereocenters. The van der Waals surface area contributed by atoms with Crippen LogP contribution >= 0.6 is 0 Å². The number of fused-ring (bicyclic) bond motifs is 2. The lowest BCUT2D eigenvalue weighted by atomic mass is 10.0. The summed E-state index contributed by atoms with van der Waals surface area (Å²) in [7, 11) is 5.42. The fourth-order valence-electron chi connectivity index (χ4n) is 4.37. The first-order chi connectivity index (χ1) is 16.5. The summed E-state index contributed by atoms with van der Waals surface area (Å²) in [6, 6.07) is 18.1. The van der Waals surface area contributed by atoms with Crippen molar-refractivity contribution in [2.45, 2.75) is 13.1 Å². The quantitative estimate of drug-likeness (QED) is 0.394. The third-order valence-corrected chi connectivity index (χ3v) is 6.15. The van der Waals surface area contributed by atoms with Gasteiger partial charge in [0.05, 0.1) is 12.2 Å². The highest BCUT2D eigenvalue weighted by Gasteiger charge is 2.22. The molecule has 0 bridgehead atoms. The first-order valence-corrected chi connectivity index (χ1v) is 11.2. The van der Waals surface area contributed by atoms with E-state index in [4.69, 9.17) is 5.10 Å². The van der Waals surface area contributed by atoms with Gasteiger partial charge in [-0.05, 0) is 42.6 Å². The molecule has 0 radical (unpaired) electrons. The van der Waals surface area contributed by atoms with E-state index < -0.39 is 0 Å².